The van der Waals surface area contributed by atoms with Crippen molar-refractivity contribution in [1.82, 2.24) is 0 Å². The molecule has 0 spiro atoms. The molecule has 7 nitrogen and oxygen atoms in total. The average Bonchev–Trinajstić information content (AvgIpc) is 2.83. The van der Waals surface area contributed by atoms with Gasteiger partial charge in [0.05, 0.1) is 29.1 Å². The number of carbonyl (C=O) groups is 2. The molecule has 0 aliphatic carbocycles. The van der Waals surface area contributed by atoms with Gasteiger partial charge in [-0.05, 0) is 24.3 Å². The fourth-order valence-corrected chi connectivity index (χ4v) is 3.50. The number of amides is 1. The Hall–Kier alpha value is -3.02. The molecule has 0 radical (unpaired) electrons. The highest BCUT2D eigenvalue weighted by Crippen LogP contribution is 2.44. The molecule has 0 bridgehead atoms. The van der Waals surface area contributed by atoms with Crippen molar-refractivity contribution in [1.29, 1.82) is 0 Å². The van der Waals surface area contributed by atoms with Gasteiger partial charge >= 0.3 is 0 Å². The molecule has 3 rings (SSSR count). The van der Waals surface area contributed by atoms with Gasteiger partial charge in [-0.15, -0.1) is 6.42 Å². The summed E-state index contributed by atoms with van der Waals surface area (Å²) < 4.78 is 0.605. The molecule has 1 N–H and O–H groups in total. The van der Waals surface area contributed by atoms with Crippen molar-refractivity contribution in [2.24, 2.45) is 0 Å². The van der Waals surface area contributed by atoms with Gasteiger partial charge in [-0.1, -0.05) is 34.0 Å². The zero-order valence-corrected chi connectivity index (χ0v) is 15.5. The number of carbonyl (C=O) groups excluding carboxylic acids is 2. The predicted octanol–water partition coefficient (Wildman–Crippen LogP) is 2.80. The van der Waals surface area contributed by atoms with Crippen molar-refractivity contribution in [3.05, 3.63) is 68.2 Å². The molecule has 0 saturated heterocycles. The normalized spacial score (nSPS) is 18.1. The molecule has 1 atom stereocenters. The van der Waals surface area contributed by atoms with Crippen LogP contribution in [0.25, 0.3) is 0 Å². The lowest BCUT2D eigenvalue weighted by Crippen LogP contribution is -2.42. The van der Waals surface area contributed by atoms with Crippen LogP contribution >= 0.6 is 15.9 Å². The van der Waals surface area contributed by atoms with E-state index in [1.165, 1.54) is 35.2 Å². The molecule has 2 aromatic rings. The highest BCUT2D eigenvalue weighted by Gasteiger charge is 2.51. The Kier molecular flexibility index (Phi) is 4.83. The number of hydrogen-bond acceptors (Lipinski definition) is 5. The van der Waals surface area contributed by atoms with Crippen LogP contribution in [0.5, 0.6) is 0 Å². The first-order chi connectivity index (χ1) is 12.8. The third kappa shape index (κ3) is 3.12. The minimum atomic E-state index is -2.16. The van der Waals surface area contributed by atoms with Crippen molar-refractivity contribution in [3.8, 4) is 12.3 Å². The first-order valence-corrected chi connectivity index (χ1v) is 8.63. The number of Topliss-reactive ketones (excluding diaryl/α,β-unsaturated/α-hetero) is 1. The molecule has 1 amide bonds. The summed E-state index contributed by atoms with van der Waals surface area (Å²) in [5, 5.41) is 22.3. The summed E-state index contributed by atoms with van der Waals surface area (Å²) in [6.07, 6.45) is 4.68. The van der Waals surface area contributed by atoms with Gasteiger partial charge in [-0.3, -0.25) is 24.6 Å². The summed E-state index contributed by atoms with van der Waals surface area (Å²) in [5.74, 6) is 0.899. The Morgan fingerprint density at radius 1 is 1.33 bits per heavy atom. The van der Waals surface area contributed by atoms with E-state index in [9.17, 15) is 24.8 Å². The molecule has 2 aromatic carbocycles. The number of benzene rings is 2. The van der Waals surface area contributed by atoms with E-state index in [-0.39, 0.29) is 23.4 Å². The van der Waals surface area contributed by atoms with Crippen molar-refractivity contribution in [2.75, 3.05) is 11.4 Å². The Morgan fingerprint density at radius 3 is 2.70 bits per heavy atom. The highest BCUT2D eigenvalue weighted by molar-refractivity contribution is 9.10. The van der Waals surface area contributed by atoms with E-state index in [1.807, 2.05) is 0 Å². The van der Waals surface area contributed by atoms with Gasteiger partial charge in [0, 0.05) is 16.1 Å². The standard InChI is InChI=1S/C19H13BrN2O5/c1-2-9-21-16-8-7-12(20)10-14(16)19(25,18(21)24)11-17(23)13-5-3-4-6-15(13)22(26)27/h1,3-8,10,25H,9,11H2/t19-/m0/s1. The fourth-order valence-electron chi connectivity index (χ4n) is 3.14. The number of anilines is 1. The van der Waals surface area contributed by atoms with Crippen LogP contribution in [-0.4, -0.2) is 28.3 Å². The number of para-hydroxylation sites is 1. The number of aliphatic hydroxyl groups is 1. The number of halogens is 1. The molecule has 27 heavy (non-hydrogen) atoms. The van der Waals surface area contributed by atoms with Crippen LogP contribution in [0, 0.1) is 22.5 Å². The maximum Gasteiger partial charge on any atom is 0.280 e. The van der Waals surface area contributed by atoms with E-state index >= 15 is 0 Å². The van der Waals surface area contributed by atoms with E-state index in [1.54, 1.807) is 12.1 Å². The van der Waals surface area contributed by atoms with E-state index in [4.69, 9.17) is 6.42 Å². The number of hydrogen-bond donors (Lipinski definition) is 1. The summed E-state index contributed by atoms with van der Waals surface area (Å²) in [6, 6.07) is 10.2. The van der Waals surface area contributed by atoms with Crippen LogP contribution in [0.4, 0.5) is 11.4 Å². The fraction of sp³-hybridized carbons (Fsp3) is 0.158. The first kappa shape index (κ1) is 18.8. The molecule has 0 unspecified atom stereocenters. The number of terminal acetylenes is 1. The van der Waals surface area contributed by atoms with Crippen LogP contribution in [0.3, 0.4) is 0 Å². The number of nitrogens with zero attached hydrogens (tertiary/aromatic N) is 2. The molecule has 1 heterocycles. The van der Waals surface area contributed by atoms with Gasteiger partial charge < -0.3 is 5.11 Å². The summed E-state index contributed by atoms with van der Waals surface area (Å²) >= 11 is 3.28. The molecular weight excluding hydrogens is 416 g/mol. The van der Waals surface area contributed by atoms with Crippen molar-refractivity contribution in [3.63, 3.8) is 0 Å². The van der Waals surface area contributed by atoms with Crippen molar-refractivity contribution in [2.45, 2.75) is 12.0 Å². The topological polar surface area (TPSA) is 101 Å². The molecule has 1 aliphatic heterocycles. The number of ketones is 1. The quantitative estimate of drug-likeness (QED) is 0.341. The average molecular weight is 429 g/mol. The summed E-state index contributed by atoms with van der Waals surface area (Å²) in [4.78, 5) is 37.3. The molecule has 8 heteroatoms. The van der Waals surface area contributed by atoms with Crippen molar-refractivity contribution >= 4 is 39.0 Å². The minimum absolute atomic E-state index is 0.0740. The predicted molar refractivity (Wildman–Crippen MR) is 101 cm³/mol. The summed E-state index contributed by atoms with van der Waals surface area (Å²) in [6.45, 7) is -0.0740. The maximum absolute atomic E-state index is 12.9. The number of nitro groups is 1. The van der Waals surface area contributed by atoms with E-state index < -0.39 is 28.6 Å². The van der Waals surface area contributed by atoms with E-state index in [2.05, 4.69) is 21.9 Å². The van der Waals surface area contributed by atoms with Crippen LogP contribution in [-0.2, 0) is 10.4 Å². The zero-order valence-electron chi connectivity index (χ0n) is 13.9. The Bertz CT molecular complexity index is 1010. The van der Waals surface area contributed by atoms with E-state index in [0.29, 0.717) is 10.2 Å². The SMILES string of the molecule is C#CCN1C(=O)[C@](O)(CC(=O)c2ccccc2[N+](=O)[O-])c2cc(Br)ccc21. The van der Waals surface area contributed by atoms with Crippen LogP contribution in [0.1, 0.15) is 22.3 Å². The molecule has 0 aromatic heterocycles. The lowest BCUT2D eigenvalue weighted by atomic mass is 9.88. The van der Waals surface area contributed by atoms with Gasteiger partial charge in [0.2, 0.25) is 0 Å². The van der Waals surface area contributed by atoms with Crippen LogP contribution in [0.15, 0.2) is 46.9 Å². The second-order valence-electron chi connectivity index (χ2n) is 5.99. The molecule has 136 valence electrons. The smallest absolute Gasteiger partial charge is 0.280 e. The van der Waals surface area contributed by atoms with Gasteiger partial charge in [-0.2, -0.15) is 0 Å². The maximum atomic E-state index is 12.9. The molecular formula is C19H13BrN2O5. The van der Waals surface area contributed by atoms with Gasteiger partial charge in [0.25, 0.3) is 11.6 Å². The Morgan fingerprint density at radius 2 is 2.04 bits per heavy atom. The summed E-state index contributed by atoms with van der Waals surface area (Å²) in [7, 11) is 0. The number of fused-ring (bicyclic) bond motifs is 1. The monoisotopic (exact) mass is 428 g/mol. The number of rotatable bonds is 5. The third-order valence-electron chi connectivity index (χ3n) is 4.36. The first-order valence-electron chi connectivity index (χ1n) is 7.84. The van der Waals surface area contributed by atoms with E-state index in [0.717, 1.165) is 0 Å². The Labute approximate surface area is 162 Å². The third-order valence-corrected chi connectivity index (χ3v) is 4.85. The van der Waals surface area contributed by atoms with Crippen molar-refractivity contribution < 1.29 is 19.6 Å². The lowest BCUT2D eigenvalue weighted by Gasteiger charge is -2.21. The minimum Gasteiger partial charge on any atom is -0.375 e. The second kappa shape index (κ2) is 6.95. The molecule has 0 saturated carbocycles. The number of nitro benzene ring substituents is 1. The highest BCUT2D eigenvalue weighted by atomic mass is 79.9. The van der Waals surface area contributed by atoms with Gasteiger partial charge in [0.1, 0.15) is 0 Å². The Balaban J connectivity index is 2.05. The van der Waals surface area contributed by atoms with Crippen LogP contribution < -0.4 is 4.90 Å². The lowest BCUT2D eigenvalue weighted by molar-refractivity contribution is -0.385. The second-order valence-corrected chi connectivity index (χ2v) is 6.91. The van der Waals surface area contributed by atoms with Gasteiger partial charge in [-0.25, -0.2) is 0 Å². The largest absolute Gasteiger partial charge is 0.375 e. The molecule has 0 fully saturated rings. The zero-order chi connectivity index (χ0) is 19.8. The van der Waals surface area contributed by atoms with Gasteiger partial charge in [0.15, 0.2) is 11.4 Å². The summed E-state index contributed by atoms with van der Waals surface area (Å²) in [5.41, 5.74) is -2.08. The molecule has 1 aliphatic rings. The van der Waals surface area contributed by atoms with Crippen LogP contribution in [0.2, 0.25) is 0 Å².